The Morgan fingerprint density at radius 3 is 1.37 bits per heavy atom. The zero-order valence-corrected chi connectivity index (χ0v) is 36.1. The molecule has 0 saturated heterocycles. The number of hydrogen-bond acceptors (Lipinski definition) is 10. The molecule has 0 atom stereocenters. The molecule has 0 aliphatic carbocycles. The van der Waals surface area contributed by atoms with Crippen molar-refractivity contribution in [3.05, 3.63) is 56.5 Å². The second-order valence-corrected chi connectivity index (χ2v) is 13.6. The van der Waals surface area contributed by atoms with Gasteiger partial charge in [-0.25, -0.2) is 14.4 Å². The number of ether oxygens (including phenoxy) is 4. The van der Waals surface area contributed by atoms with Crippen molar-refractivity contribution in [2.45, 2.75) is 93.0 Å². The number of carbonyl (C=O) groups excluding carboxylic acids is 3. The summed E-state index contributed by atoms with van der Waals surface area (Å²) in [6.07, 6.45) is -4.64. The van der Waals surface area contributed by atoms with E-state index >= 15 is 0 Å². The molecule has 46 heavy (non-hydrogen) atoms. The second kappa shape index (κ2) is 23.7. The summed E-state index contributed by atoms with van der Waals surface area (Å²) in [5.74, 6) is 0. The van der Waals surface area contributed by atoms with Gasteiger partial charge in [0.15, 0.2) is 0 Å². The number of anilines is 2. The number of aryl methyl sites for hydroxylation is 2. The molecule has 0 aliphatic rings. The number of nitrogen functional groups attached to an aromatic ring is 1. The SMILES string of the molecule is CC(C)(C)OC(=O)OC(=O)OC(C)(C)C.Cc1cc(N)ccc1Br.Cc1cc(NC(=O)OC(C)(C)C)ccc1Br.O=C([O-])O.[Na+].[Na+]. The first-order chi connectivity index (χ1) is 19.7. The van der Waals surface area contributed by atoms with E-state index in [0.29, 0.717) is 0 Å². The van der Waals surface area contributed by atoms with Crippen LogP contribution < -0.4 is 75.3 Å². The molecule has 2 aromatic carbocycles. The van der Waals surface area contributed by atoms with Gasteiger partial charge in [-0.3, -0.25) is 5.32 Å². The van der Waals surface area contributed by atoms with Gasteiger partial charge in [0.05, 0.1) is 0 Å². The molecule has 12 nitrogen and oxygen atoms in total. The van der Waals surface area contributed by atoms with E-state index in [2.05, 4.69) is 41.9 Å². The molecule has 0 aliphatic heterocycles. The van der Waals surface area contributed by atoms with Gasteiger partial charge < -0.3 is 39.7 Å². The van der Waals surface area contributed by atoms with E-state index in [1.807, 2.05) is 71.0 Å². The maximum absolute atomic E-state index is 11.5. The smallest absolute Gasteiger partial charge is 0.565 e. The average Bonchev–Trinajstić information content (AvgIpc) is 2.75. The molecule has 0 heterocycles. The van der Waals surface area contributed by atoms with Crippen LogP contribution in [-0.2, 0) is 18.9 Å². The third-order valence-corrected chi connectivity index (χ3v) is 5.71. The van der Waals surface area contributed by atoms with Crippen LogP contribution in [0.3, 0.4) is 0 Å². The predicted molar refractivity (Wildman–Crippen MR) is 174 cm³/mol. The van der Waals surface area contributed by atoms with Gasteiger partial charge in [0.25, 0.3) is 0 Å². The molecule has 0 spiro atoms. The van der Waals surface area contributed by atoms with Crippen molar-refractivity contribution < 1.29 is 107 Å². The molecule has 4 N–H and O–H groups in total. The van der Waals surface area contributed by atoms with Gasteiger partial charge in [-0.15, -0.1) is 0 Å². The van der Waals surface area contributed by atoms with Crippen molar-refractivity contribution in [3.63, 3.8) is 0 Å². The van der Waals surface area contributed by atoms with Crippen LogP contribution in [0.4, 0.5) is 30.6 Å². The van der Waals surface area contributed by atoms with Crippen LogP contribution in [0.25, 0.3) is 0 Å². The fraction of sp³-hybridized carbons (Fsp3) is 0.467. The van der Waals surface area contributed by atoms with Gasteiger partial charge in [0.1, 0.15) is 16.8 Å². The number of carboxylic acid groups (broad SMARTS) is 2. The van der Waals surface area contributed by atoms with Gasteiger partial charge in [0.2, 0.25) is 6.16 Å². The Bertz CT molecular complexity index is 1230. The molecular formula is C30H43Br2N2Na2O10+. The molecule has 2 aromatic rings. The third kappa shape index (κ3) is 32.4. The van der Waals surface area contributed by atoms with Crippen molar-refractivity contribution in [3.8, 4) is 0 Å². The van der Waals surface area contributed by atoms with Crippen molar-refractivity contribution >= 4 is 67.8 Å². The summed E-state index contributed by atoms with van der Waals surface area (Å²) >= 11 is 6.77. The van der Waals surface area contributed by atoms with Crippen LogP contribution >= 0.6 is 31.9 Å². The summed E-state index contributed by atoms with van der Waals surface area (Å²) < 4.78 is 21.1. The molecule has 0 bridgehead atoms. The van der Waals surface area contributed by atoms with E-state index in [1.54, 1.807) is 41.5 Å². The van der Waals surface area contributed by atoms with E-state index < -0.39 is 41.4 Å². The topological polar surface area (TPSA) is 187 Å². The van der Waals surface area contributed by atoms with E-state index in [4.69, 9.17) is 35.0 Å². The molecule has 0 radical (unpaired) electrons. The normalized spacial score (nSPS) is 10.1. The van der Waals surface area contributed by atoms with E-state index in [1.165, 1.54) is 5.56 Å². The van der Waals surface area contributed by atoms with Gasteiger partial charge in [-0.2, -0.15) is 0 Å². The standard InChI is InChI=1S/C12H16BrNO2.C10H18O5.C7H8BrN.CH2O3.2Na/c1-8-7-9(5-6-10(8)13)14-11(15)16-12(2,3)4;1-9(2,3)14-7(11)13-8(12)15-10(4,5)6;1-5-4-6(9)2-3-7(5)8;2-1(3)4;;/h5-7H,1-4H3,(H,14,15);1-6H3;2-4H,9H2,1H3;(H2,2,3,4);;/q;;;;2*+1/p-1. The minimum absolute atomic E-state index is 0. The molecule has 2 rings (SSSR count). The minimum Gasteiger partial charge on any atom is -0.565 e. The number of benzene rings is 2. The van der Waals surface area contributed by atoms with Crippen molar-refractivity contribution in [2.24, 2.45) is 0 Å². The van der Waals surface area contributed by atoms with Crippen LogP contribution in [0.1, 0.15) is 73.4 Å². The largest absolute Gasteiger partial charge is 1.00 e. The quantitative estimate of drug-likeness (QED) is 0.126. The Morgan fingerprint density at radius 1 is 0.717 bits per heavy atom. The van der Waals surface area contributed by atoms with Crippen LogP contribution in [0, 0.1) is 13.8 Å². The van der Waals surface area contributed by atoms with E-state index in [9.17, 15) is 14.4 Å². The first kappa shape index (κ1) is 51.3. The number of hydrogen-bond donors (Lipinski definition) is 3. The van der Waals surface area contributed by atoms with Crippen molar-refractivity contribution in [2.75, 3.05) is 11.1 Å². The summed E-state index contributed by atoms with van der Waals surface area (Å²) in [4.78, 5) is 41.9. The Labute approximate surface area is 332 Å². The number of halogens is 2. The van der Waals surface area contributed by atoms with Crippen molar-refractivity contribution in [1.82, 2.24) is 0 Å². The zero-order chi connectivity index (χ0) is 35.1. The van der Waals surface area contributed by atoms with Crippen LogP contribution in [0.5, 0.6) is 0 Å². The molecule has 16 heteroatoms. The summed E-state index contributed by atoms with van der Waals surface area (Å²) in [5.41, 5.74) is 7.42. The first-order valence-corrected chi connectivity index (χ1v) is 14.6. The van der Waals surface area contributed by atoms with Crippen LogP contribution in [-0.4, -0.2) is 46.5 Å². The Morgan fingerprint density at radius 2 is 1.07 bits per heavy atom. The number of rotatable bonds is 1. The predicted octanol–water partition coefficient (Wildman–Crippen LogP) is 2.21. The summed E-state index contributed by atoms with van der Waals surface area (Å²) in [7, 11) is 0. The monoisotopic (exact) mass is 795 g/mol. The maximum Gasteiger partial charge on any atom is 1.00 e. The molecular weight excluding hydrogens is 754 g/mol. The summed E-state index contributed by atoms with van der Waals surface area (Å²) in [5, 5.41) is 18.0. The molecule has 0 aromatic heterocycles. The van der Waals surface area contributed by atoms with Gasteiger partial charge >= 0.3 is 77.5 Å². The van der Waals surface area contributed by atoms with E-state index in [-0.39, 0.29) is 59.1 Å². The second-order valence-electron chi connectivity index (χ2n) is 11.9. The van der Waals surface area contributed by atoms with Crippen molar-refractivity contribution in [1.29, 1.82) is 0 Å². The number of carbonyl (C=O) groups is 4. The molecule has 248 valence electrons. The van der Waals surface area contributed by atoms with Gasteiger partial charge in [0, 0.05) is 20.3 Å². The Hall–Kier alpha value is -1.52. The fourth-order valence-corrected chi connectivity index (χ4v) is 2.91. The fourth-order valence-electron chi connectivity index (χ4n) is 2.42. The number of amides is 1. The number of nitrogens with one attached hydrogen (secondary N) is 1. The van der Waals surface area contributed by atoms with Gasteiger partial charge in [-0.05, 0) is 124 Å². The summed E-state index contributed by atoms with van der Waals surface area (Å²) in [6, 6.07) is 11.4. The molecule has 0 unspecified atom stereocenters. The van der Waals surface area contributed by atoms with Gasteiger partial charge in [-0.1, -0.05) is 31.9 Å². The summed E-state index contributed by atoms with van der Waals surface area (Å²) in [6.45, 7) is 19.5. The average molecular weight is 797 g/mol. The zero-order valence-electron chi connectivity index (χ0n) is 28.9. The molecule has 0 fully saturated rings. The van der Waals surface area contributed by atoms with Crippen LogP contribution in [0.2, 0.25) is 0 Å². The van der Waals surface area contributed by atoms with Crippen LogP contribution in [0.15, 0.2) is 45.3 Å². The first-order valence-electron chi connectivity index (χ1n) is 13.0. The molecule has 0 saturated carbocycles. The Balaban J connectivity index is -0.000000273. The van der Waals surface area contributed by atoms with E-state index in [0.717, 1.165) is 25.9 Å². The maximum atomic E-state index is 11.5. The minimum atomic E-state index is -2.08. The number of nitrogens with two attached hydrogens (primary N) is 1. The molecule has 1 amide bonds. The third-order valence-electron chi connectivity index (χ3n) is 3.93. The Kier molecular flexibility index (Phi) is 26.5.